The molecule has 1 fully saturated rings. The summed E-state index contributed by atoms with van der Waals surface area (Å²) in [7, 11) is 0. The number of benzene rings is 2. The normalized spacial score (nSPS) is 17.2. The van der Waals surface area contributed by atoms with E-state index < -0.39 is 0 Å². The minimum absolute atomic E-state index is 0.0240. The first kappa shape index (κ1) is 20.9. The molecule has 1 aromatic heterocycles. The molecule has 3 aromatic rings. The molecule has 1 aliphatic heterocycles. The number of hydrogen-bond acceptors (Lipinski definition) is 3. The van der Waals surface area contributed by atoms with E-state index in [-0.39, 0.29) is 23.8 Å². The van der Waals surface area contributed by atoms with Crippen LogP contribution < -0.4 is 5.32 Å². The minimum Gasteiger partial charge on any atom is -0.459 e. The summed E-state index contributed by atoms with van der Waals surface area (Å²) in [6, 6.07) is 19.5. The molecule has 31 heavy (non-hydrogen) atoms. The van der Waals surface area contributed by atoms with Crippen LogP contribution in [0.15, 0.2) is 71.3 Å². The Morgan fingerprint density at radius 2 is 1.81 bits per heavy atom. The summed E-state index contributed by atoms with van der Waals surface area (Å²) in [5.41, 5.74) is 4.52. The molecule has 0 unspecified atom stereocenters. The van der Waals surface area contributed by atoms with Crippen molar-refractivity contribution >= 4 is 11.8 Å². The molecule has 0 radical (unpaired) electrons. The maximum absolute atomic E-state index is 13.3. The van der Waals surface area contributed by atoms with Crippen molar-refractivity contribution in [3.05, 3.63) is 94.9 Å². The molecule has 0 saturated carbocycles. The Hall–Kier alpha value is -3.34. The maximum atomic E-state index is 13.3. The van der Waals surface area contributed by atoms with Crippen molar-refractivity contribution in [1.82, 2.24) is 10.2 Å². The Morgan fingerprint density at radius 3 is 2.52 bits per heavy atom. The fourth-order valence-corrected chi connectivity index (χ4v) is 4.14. The van der Waals surface area contributed by atoms with Gasteiger partial charge in [-0.25, -0.2) is 0 Å². The van der Waals surface area contributed by atoms with Gasteiger partial charge in [0.1, 0.15) is 0 Å². The average Bonchev–Trinajstić information content (AvgIpc) is 3.34. The summed E-state index contributed by atoms with van der Waals surface area (Å²) in [4.78, 5) is 27.7. The number of likely N-dealkylation sites (tertiary alicyclic amines) is 1. The second kappa shape index (κ2) is 9.21. The summed E-state index contributed by atoms with van der Waals surface area (Å²) in [6.45, 7) is 5.21. The molecule has 160 valence electrons. The van der Waals surface area contributed by atoms with Gasteiger partial charge in [-0.1, -0.05) is 48.5 Å². The summed E-state index contributed by atoms with van der Waals surface area (Å²) in [6.07, 6.45) is 3.06. The minimum atomic E-state index is -0.245. The zero-order valence-corrected chi connectivity index (χ0v) is 18.0. The molecule has 1 aliphatic rings. The van der Waals surface area contributed by atoms with Gasteiger partial charge in [-0.15, -0.1) is 0 Å². The van der Waals surface area contributed by atoms with Gasteiger partial charge in [0.2, 0.25) is 5.91 Å². The highest BCUT2D eigenvalue weighted by Gasteiger charge is 2.31. The molecule has 5 nitrogen and oxygen atoms in total. The van der Waals surface area contributed by atoms with Gasteiger partial charge in [0.15, 0.2) is 5.76 Å². The SMILES string of the molecule is Cc1ccc([C@@H](NC(=O)[C@H]2CCCN(C(=O)c3ccco3)C2)c2ccccc2)cc1C. The van der Waals surface area contributed by atoms with Gasteiger partial charge in [0.05, 0.1) is 18.2 Å². The quantitative estimate of drug-likeness (QED) is 0.658. The van der Waals surface area contributed by atoms with Crippen LogP contribution in [0.2, 0.25) is 0 Å². The first-order valence-corrected chi connectivity index (χ1v) is 10.8. The zero-order chi connectivity index (χ0) is 21.8. The predicted octanol–water partition coefficient (Wildman–Crippen LogP) is 4.65. The van der Waals surface area contributed by atoms with Gasteiger partial charge in [-0.2, -0.15) is 0 Å². The Labute approximate surface area is 183 Å². The van der Waals surface area contributed by atoms with Crippen LogP contribution in [-0.2, 0) is 4.79 Å². The molecule has 4 rings (SSSR count). The standard InChI is InChI=1S/C26H28N2O3/c1-18-12-13-21(16-19(18)2)24(20-8-4-3-5-9-20)27-25(29)22-10-6-14-28(17-22)26(30)23-11-7-15-31-23/h3-5,7-9,11-13,15-16,22,24H,6,10,14,17H2,1-2H3,(H,27,29)/t22-,24-/m0/s1. The predicted molar refractivity (Wildman–Crippen MR) is 120 cm³/mol. The van der Waals surface area contributed by atoms with Gasteiger partial charge < -0.3 is 14.6 Å². The van der Waals surface area contributed by atoms with Crippen molar-refractivity contribution in [2.75, 3.05) is 13.1 Å². The number of aryl methyl sites for hydroxylation is 2. The van der Waals surface area contributed by atoms with E-state index in [1.54, 1.807) is 17.0 Å². The van der Waals surface area contributed by atoms with Gasteiger partial charge in [-0.05, 0) is 61.1 Å². The number of amides is 2. The largest absolute Gasteiger partial charge is 0.459 e. The first-order valence-electron chi connectivity index (χ1n) is 10.8. The molecular formula is C26H28N2O3. The summed E-state index contributed by atoms with van der Waals surface area (Å²) in [5, 5.41) is 3.26. The fourth-order valence-electron chi connectivity index (χ4n) is 4.14. The lowest BCUT2D eigenvalue weighted by Crippen LogP contribution is -2.46. The van der Waals surface area contributed by atoms with Crippen molar-refractivity contribution < 1.29 is 14.0 Å². The van der Waals surface area contributed by atoms with Crippen LogP contribution >= 0.6 is 0 Å². The van der Waals surface area contributed by atoms with Crippen LogP contribution in [0.25, 0.3) is 0 Å². The van der Waals surface area contributed by atoms with E-state index in [1.807, 2.05) is 30.3 Å². The van der Waals surface area contributed by atoms with Crippen molar-refractivity contribution in [3.63, 3.8) is 0 Å². The van der Waals surface area contributed by atoms with Crippen LogP contribution in [-0.4, -0.2) is 29.8 Å². The molecule has 1 N–H and O–H groups in total. The van der Waals surface area contributed by atoms with E-state index in [0.29, 0.717) is 18.8 Å². The number of nitrogens with one attached hydrogen (secondary N) is 1. The van der Waals surface area contributed by atoms with Crippen LogP contribution in [0, 0.1) is 19.8 Å². The molecule has 0 spiro atoms. The molecule has 0 aliphatic carbocycles. The summed E-state index contributed by atoms with van der Waals surface area (Å²) in [5.74, 6) is -0.107. The fraction of sp³-hybridized carbons (Fsp3) is 0.308. The van der Waals surface area contributed by atoms with Gasteiger partial charge in [-0.3, -0.25) is 9.59 Å². The topological polar surface area (TPSA) is 62.6 Å². The molecule has 2 amide bonds. The first-order chi connectivity index (χ1) is 15.0. The van der Waals surface area contributed by atoms with E-state index >= 15 is 0 Å². The summed E-state index contributed by atoms with van der Waals surface area (Å²) < 4.78 is 5.25. The van der Waals surface area contributed by atoms with Crippen LogP contribution in [0.4, 0.5) is 0 Å². The third kappa shape index (κ3) is 4.71. The third-order valence-corrected chi connectivity index (χ3v) is 6.10. The number of hydrogen-bond donors (Lipinski definition) is 1. The number of carbonyl (C=O) groups excluding carboxylic acids is 2. The highest BCUT2D eigenvalue weighted by Crippen LogP contribution is 2.26. The Morgan fingerprint density at radius 1 is 1.00 bits per heavy atom. The number of nitrogens with zero attached hydrogens (tertiary/aromatic N) is 1. The van der Waals surface area contributed by atoms with E-state index in [4.69, 9.17) is 4.42 Å². The average molecular weight is 417 g/mol. The molecule has 5 heteroatoms. The number of furan rings is 1. The number of carbonyl (C=O) groups is 2. The van der Waals surface area contributed by atoms with Crippen LogP contribution in [0.1, 0.15) is 51.7 Å². The Bertz CT molecular complexity index is 1040. The number of piperidine rings is 1. The van der Waals surface area contributed by atoms with Gasteiger partial charge in [0, 0.05) is 13.1 Å². The smallest absolute Gasteiger partial charge is 0.289 e. The highest BCUT2D eigenvalue weighted by molar-refractivity contribution is 5.92. The van der Waals surface area contributed by atoms with Gasteiger partial charge >= 0.3 is 0 Å². The molecule has 1 saturated heterocycles. The highest BCUT2D eigenvalue weighted by atomic mass is 16.3. The lowest BCUT2D eigenvalue weighted by molar-refractivity contribution is -0.126. The van der Waals surface area contributed by atoms with E-state index in [1.165, 1.54) is 17.4 Å². The Kier molecular flexibility index (Phi) is 6.21. The molecule has 2 atom stereocenters. The van der Waals surface area contributed by atoms with Gasteiger partial charge in [0.25, 0.3) is 5.91 Å². The molecule has 2 heterocycles. The third-order valence-electron chi connectivity index (χ3n) is 6.10. The van der Waals surface area contributed by atoms with Crippen LogP contribution in [0.3, 0.4) is 0 Å². The van der Waals surface area contributed by atoms with E-state index in [9.17, 15) is 9.59 Å². The molecule has 2 aromatic carbocycles. The van der Waals surface area contributed by atoms with E-state index in [0.717, 1.165) is 24.0 Å². The van der Waals surface area contributed by atoms with Crippen LogP contribution in [0.5, 0.6) is 0 Å². The van der Waals surface area contributed by atoms with Crippen molar-refractivity contribution in [2.24, 2.45) is 5.92 Å². The van der Waals surface area contributed by atoms with Crippen molar-refractivity contribution in [2.45, 2.75) is 32.7 Å². The van der Waals surface area contributed by atoms with Crippen molar-refractivity contribution in [1.29, 1.82) is 0 Å². The van der Waals surface area contributed by atoms with Crippen molar-refractivity contribution in [3.8, 4) is 0 Å². The number of rotatable bonds is 5. The van der Waals surface area contributed by atoms with E-state index in [2.05, 4.69) is 37.4 Å². The second-order valence-electron chi connectivity index (χ2n) is 8.26. The second-order valence-corrected chi connectivity index (χ2v) is 8.26. The monoisotopic (exact) mass is 416 g/mol. The molecular weight excluding hydrogens is 388 g/mol. The zero-order valence-electron chi connectivity index (χ0n) is 18.0. The summed E-state index contributed by atoms with van der Waals surface area (Å²) >= 11 is 0. The lowest BCUT2D eigenvalue weighted by atomic mass is 9.93. The maximum Gasteiger partial charge on any atom is 0.289 e. The lowest BCUT2D eigenvalue weighted by Gasteiger charge is -2.32. The molecule has 0 bridgehead atoms. The Balaban J connectivity index is 1.53.